The fourth-order valence-electron chi connectivity index (χ4n) is 8.60. The van der Waals surface area contributed by atoms with Gasteiger partial charge in [-0.2, -0.15) is 0 Å². The van der Waals surface area contributed by atoms with E-state index >= 15 is 0 Å². The monoisotopic (exact) mass is 1290 g/mol. The minimum Gasteiger partial charge on any atom is -0.472 e. The number of para-hydroxylation sites is 3. The van der Waals surface area contributed by atoms with Crippen molar-refractivity contribution >= 4 is 68.9 Å². The molecule has 3 aromatic rings. The second kappa shape index (κ2) is 40.9. The molecule has 3 aliphatic heterocycles. The zero-order chi connectivity index (χ0) is 69.0. The minimum absolute atomic E-state index is 0.243. The Morgan fingerprint density at radius 2 is 1.08 bits per heavy atom. The van der Waals surface area contributed by atoms with Crippen molar-refractivity contribution in [3.63, 3.8) is 0 Å². The van der Waals surface area contributed by atoms with Gasteiger partial charge in [-0.25, -0.2) is 24.4 Å². The molecule has 3 unspecified atom stereocenters. The van der Waals surface area contributed by atoms with Gasteiger partial charge in [-0.3, -0.25) is 30.0 Å². The molecule has 3 aliphatic carbocycles. The van der Waals surface area contributed by atoms with Gasteiger partial charge in [0.15, 0.2) is 6.10 Å². The molecule has 0 bridgehead atoms. The lowest BCUT2D eigenvalue weighted by Gasteiger charge is -2.16. The number of allylic oxidation sites excluding steroid dienone is 6. The number of aliphatic hydroxyl groups excluding tert-OH is 3. The van der Waals surface area contributed by atoms with Crippen molar-refractivity contribution in [3.05, 3.63) is 169 Å². The Morgan fingerprint density at radius 3 is 1.46 bits per heavy atom. The molecule has 0 aromatic heterocycles. The minimum atomic E-state index is -1.21. The largest absolute Gasteiger partial charge is 0.472 e. The summed E-state index contributed by atoms with van der Waals surface area (Å²) in [6, 6.07) is 22.9. The highest BCUT2D eigenvalue weighted by molar-refractivity contribution is 6.64. The first-order chi connectivity index (χ1) is 44.0. The highest BCUT2D eigenvalue weighted by atomic mass is 35.5. The predicted octanol–water partition coefficient (Wildman–Crippen LogP) is 12.0. The Hall–Kier alpha value is -9.78. The van der Waals surface area contributed by atoms with E-state index in [1.807, 2.05) is 78.6 Å². The van der Waals surface area contributed by atoms with Crippen LogP contribution in [0.1, 0.15) is 130 Å². The SMILES string of the molecule is C#C[C@@H](C)O.CC(C)(C)C(=O)Cl.CC1CCC=C(/C=C/C(=O)O[C@H](C)C#CC2=Nc3ccccc3C2)C1.C[C@@H](O)/C=C\C1=Nc2ccccc2C1.C[C@@H](O)C#CC1=Nc2ccccc2C1.O=C(O)C#CC1=CCCC([N+](=O)[O-])C1.O=C(O)C#CC1=CCCC([N+](=O)[O-])C1. The van der Waals surface area contributed by atoms with Crippen LogP contribution in [0.15, 0.2) is 147 Å². The highest BCUT2D eigenvalue weighted by Gasteiger charge is 2.25. The van der Waals surface area contributed by atoms with Crippen LogP contribution in [0.3, 0.4) is 0 Å². The van der Waals surface area contributed by atoms with Crippen molar-refractivity contribution < 1.29 is 59.3 Å². The van der Waals surface area contributed by atoms with Crippen molar-refractivity contribution in [1.82, 2.24) is 0 Å². The van der Waals surface area contributed by atoms with Crippen LogP contribution in [-0.2, 0) is 43.2 Å². The van der Waals surface area contributed by atoms with E-state index in [9.17, 15) is 39.4 Å². The lowest BCUT2D eigenvalue weighted by molar-refractivity contribution is -0.523. The number of rotatable bonds is 7. The van der Waals surface area contributed by atoms with Gasteiger partial charge >= 0.3 is 17.9 Å². The van der Waals surface area contributed by atoms with Crippen molar-refractivity contribution in [2.75, 3.05) is 0 Å². The molecule has 488 valence electrons. The van der Waals surface area contributed by atoms with Crippen LogP contribution in [0.2, 0.25) is 0 Å². The molecule has 0 spiro atoms. The van der Waals surface area contributed by atoms with Crippen molar-refractivity contribution in [2.45, 2.75) is 169 Å². The van der Waals surface area contributed by atoms with E-state index in [0.717, 1.165) is 66.3 Å². The van der Waals surface area contributed by atoms with Gasteiger partial charge in [0.25, 0.3) is 0 Å². The maximum absolute atomic E-state index is 11.9. The molecule has 0 amide bonds. The number of terminal acetylenes is 1. The smallest absolute Gasteiger partial charge is 0.382 e. The van der Waals surface area contributed by atoms with Crippen LogP contribution in [0.25, 0.3) is 0 Å². The Labute approximate surface area is 549 Å². The fraction of sp³-hybridized carbons (Fsp3) is 0.384. The third kappa shape index (κ3) is 32.7. The quantitative estimate of drug-likeness (QED) is 0.0367. The molecule has 0 saturated heterocycles. The second-order valence-corrected chi connectivity index (χ2v) is 23.2. The first kappa shape index (κ1) is 77.5. The van der Waals surface area contributed by atoms with Crippen LogP contribution in [0, 0.1) is 91.3 Å². The number of aliphatic carboxylic acids is 2. The van der Waals surface area contributed by atoms with E-state index < -0.39 is 48.4 Å². The highest BCUT2D eigenvalue weighted by Crippen LogP contribution is 2.29. The van der Waals surface area contributed by atoms with E-state index in [2.05, 4.69) is 94.0 Å². The number of carbonyl (C=O) groups is 4. The summed E-state index contributed by atoms with van der Waals surface area (Å²) >= 11 is 5.11. The molecule has 3 aromatic carbocycles. The lowest BCUT2D eigenvalue weighted by atomic mass is 9.90. The number of nitrogens with zero attached hydrogens (tertiary/aromatic N) is 5. The second-order valence-electron chi connectivity index (χ2n) is 22.9. The van der Waals surface area contributed by atoms with E-state index in [-0.39, 0.29) is 39.3 Å². The maximum Gasteiger partial charge on any atom is 0.382 e. The van der Waals surface area contributed by atoms with E-state index in [4.69, 9.17) is 41.9 Å². The molecule has 5 N–H and O–H groups in total. The Balaban J connectivity index is 0.000000296. The third-order valence-corrected chi connectivity index (χ3v) is 14.0. The number of carbonyl (C=O) groups excluding carboxylic acids is 2. The molecule has 3 heterocycles. The van der Waals surface area contributed by atoms with Crippen LogP contribution in [0.4, 0.5) is 17.1 Å². The first-order valence-corrected chi connectivity index (χ1v) is 30.5. The number of aliphatic imine (C=N–C) groups is 3. The molecular weight excluding hydrogens is 1210 g/mol. The number of fused-ring (bicyclic) bond motifs is 3. The number of halogens is 1. The topological polar surface area (TPSA) is 302 Å². The number of ether oxygens (including phenoxy) is 1. The van der Waals surface area contributed by atoms with Crippen LogP contribution in [0.5, 0.6) is 0 Å². The molecule has 9 rings (SSSR count). The van der Waals surface area contributed by atoms with Crippen LogP contribution in [-0.4, -0.2) is 112 Å². The average Bonchev–Trinajstić information content (AvgIpc) is 2.04. The molecule has 0 fully saturated rings. The number of esters is 1. The average molecular weight is 1290 g/mol. The summed E-state index contributed by atoms with van der Waals surface area (Å²) in [6.45, 7) is 14.3. The number of nitro groups is 2. The molecule has 93 heavy (non-hydrogen) atoms. The van der Waals surface area contributed by atoms with Gasteiger partial charge in [0.05, 0.1) is 34.6 Å². The fourth-order valence-corrected chi connectivity index (χ4v) is 8.60. The molecule has 19 nitrogen and oxygen atoms in total. The molecule has 20 heteroatoms. The number of hydrogen-bond donors (Lipinski definition) is 5. The van der Waals surface area contributed by atoms with Crippen molar-refractivity contribution in [3.8, 4) is 59.7 Å². The zero-order valence-electron chi connectivity index (χ0n) is 53.6. The van der Waals surface area contributed by atoms with Gasteiger partial charge < -0.3 is 30.3 Å². The Morgan fingerprint density at radius 1 is 0.645 bits per heavy atom. The van der Waals surface area contributed by atoms with Gasteiger partial charge in [0, 0.05) is 95.0 Å². The number of hydrogen-bond acceptors (Lipinski definition) is 15. The summed E-state index contributed by atoms with van der Waals surface area (Å²) in [5, 5.41) is 63.4. The van der Waals surface area contributed by atoms with Gasteiger partial charge in [-0.1, -0.05) is 148 Å². The normalized spacial score (nSPS) is 17.9. The zero-order valence-corrected chi connectivity index (χ0v) is 54.4. The van der Waals surface area contributed by atoms with Crippen LogP contribution >= 0.6 is 11.6 Å². The molecule has 6 aliphatic rings. The predicted molar refractivity (Wildman–Crippen MR) is 363 cm³/mol. The lowest BCUT2D eigenvalue weighted by Crippen LogP contribution is -2.22. The standard InChI is InChI=1S/C22H23NO2.C12H13NO.C12H11NO.2C9H9NO4.C5H9ClO.C4H6O/c1-16-6-5-7-18(14-16)11-13-22(24)25-17(2)10-12-20-15-19-8-3-4-9-21(19)23-20;2*1-9(14)6-7-11-8-10-4-2-3-5-12(10)13-11;2*11-9(12)5-4-7-2-1-3-8(6-7)10(13)14;1-5(2,3)4(6)7;1-3-4(2)5/h3-4,7-9,11,13,16-17H,5-6,14-15H2,1-2H3;2-7,9,14H,8H2,1H3;2-5,9,14H,8H2,1H3;2*2,8H,1,3,6H2,(H,11,12);1-3H3;1,4-5H,2H3/b13-11+;7-6-;;;;;/t16?,17-;2*9-;;;;4-/m111...1/s1. The third-order valence-electron chi connectivity index (χ3n) is 13.4. The summed E-state index contributed by atoms with van der Waals surface area (Å²) < 4.78 is 5.32. The van der Waals surface area contributed by atoms with E-state index in [1.54, 1.807) is 66.7 Å². The van der Waals surface area contributed by atoms with Crippen molar-refractivity contribution in [2.24, 2.45) is 26.3 Å². The summed E-state index contributed by atoms with van der Waals surface area (Å²) in [5.41, 5.74) is 11.3. The van der Waals surface area contributed by atoms with Gasteiger partial charge in [-0.05, 0) is 130 Å². The van der Waals surface area contributed by atoms with Crippen molar-refractivity contribution in [1.29, 1.82) is 0 Å². The molecular formula is C73H80ClN5O14. The number of benzene rings is 3. The van der Waals surface area contributed by atoms with E-state index in [0.29, 0.717) is 42.7 Å². The Bertz CT molecular complexity index is 3640. The molecule has 7 atom stereocenters. The summed E-state index contributed by atoms with van der Waals surface area (Å²) in [5.74, 6) is 20.3. The van der Waals surface area contributed by atoms with Gasteiger partial charge in [0.2, 0.25) is 17.3 Å². The number of carboxylic acids is 2. The molecule has 0 saturated carbocycles. The number of aliphatic hydroxyl groups is 3. The molecule has 0 radical (unpaired) electrons. The van der Waals surface area contributed by atoms with Gasteiger partial charge in [0.1, 0.15) is 12.2 Å². The summed E-state index contributed by atoms with van der Waals surface area (Å²) in [7, 11) is 0. The Kier molecular flexibility index (Phi) is 34.0. The van der Waals surface area contributed by atoms with Crippen LogP contribution < -0.4 is 0 Å². The van der Waals surface area contributed by atoms with Gasteiger partial charge in [-0.15, -0.1) is 6.42 Å². The first-order valence-electron chi connectivity index (χ1n) is 30.1. The van der Waals surface area contributed by atoms with E-state index in [1.165, 1.54) is 34.8 Å². The maximum atomic E-state index is 11.9. The number of carboxylic acid groups (broad SMARTS) is 2. The summed E-state index contributed by atoms with van der Waals surface area (Å²) in [4.78, 5) is 75.9. The summed E-state index contributed by atoms with van der Waals surface area (Å²) in [6.07, 6.45) is 23.8.